The maximum atomic E-state index is 12.3. The van der Waals surface area contributed by atoms with Crippen molar-refractivity contribution >= 4 is 23.2 Å². The molecule has 0 fully saturated rings. The molecule has 0 aliphatic carbocycles. The SMILES string of the molecule is CC(C)COc1ccccc1NCC(=O)Nc1cccc(C(=O)NC(C)C)c1. The number of benzene rings is 2. The van der Waals surface area contributed by atoms with Crippen molar-refractivity contribution in [1.82, 2.24) is 5.32 Å². The van der Waals surface area contributed by atoms with Crippen molar-refractivity contribution in [1.29, 1.82) is 0 Å². The summed E-state index contributed by atoms with van der Waals surface area (Å²) in [4.78, 5) is 24.4. The van der Waals surface area contributed by atoms with Crippen molar-refractivity contribution in [3.05, 3.63) is 54.1 Å². The summed E-state index contributed by atoms with van der Waals surface area (Å²) >= 11 is 0. The average molecular weight is 383 g/mol. The second-order valence-corrected chi connectivity index (χ2v) is 7.31. The fraction of sp³-hybridized carbons (Fsp3) is 0.364. The fourth-order valence-electron chi connectivity index (χ4n) is 2.46. The zero-order chi connectivity index (χ0) is 20.5. The minimum absolute atomic E-state index is 0.0490. The number of rotatable bonds is 9. The van der Waals surface area contributed by atoms with Gasteiger partial charge in [0.1, 0.15) is 5.75 Å². The molecular weight excluding hydrogens is 354 g/mol. The summed E-state index contributed by atoms with van der Waals surface area (Å²) in [6.45, 7) is 8.66. The molecule has 2 aromatic rings. The second-order valence-electron chi connectivity index (χ2n) is 7.31. The number of ether oxygens (including phenoxy) is 1. The lowest BCUT2D eigenvalue weighted by Gasteiger charge is -2.14. The van der Waals surface area contributed by atoms with Crippen LogP contribution in [-0.2, 0) is 4.79 Å². The zero-order valence-electron chi connectivity index (χ0n) is 16.9. The number of carbonyl (C=O) groups excluding carboxylic acids is 2. The number of anilines is 2. The Bertz CT molecular complexity index is 803. The molecule has 0 saturated heterocycles. The molecule has 0 heterocycles. The minimum Gasteiger partial charge on any atom is -0.491 e. The molecule has 6 heteroatoms. The van der Waals surface area contributed by atoms with E-state index < -0.39 is 0 Å². The molecule has 0 aliphatic rings. The number of amides is 2. The zero-order valence-corrected chi connectivity index (χ0v) is 16.9. The van der Waals surface area contributed by atoms with E-state index in [-0.39, 0.29) is 24.4 Å². The largest absolute Gasteiger partial charge is 0.491 e. The lowest BCUT2D eigenvalue weighted by Crippen LogP contribution is -2.30. The molecular formula is C22H29N3O3. The summed E-state index contributed by atoms with van der Waals surface area (Å²) in [5.74, 6) is 0.758. The first kappa shape index (κ1) is 21.3. The van der Waals surface area contributed by atoms with Crippen molar-refractivity contribution in [3.63, 3.8) is 0 Å². The van der Waals surface area contributed by atoms with E-state index in [9.17, 15) is 9.59 Å². The van der Waals surface area contributed by atoms with Gasteiger partial charge in [-0.25, -0.2) is 0 Å². The predicted molar refractivity (Wildman–Crippen MR) is 113 cm³/mol. The maximum Gasteiger partial charge on any atom is 0.251 e. The minimum atomic E-state index is -0.208. The summed E-state index contributed by atoms with van der Waals surface area (Å²) < 4.78 is 5.78. The van der Waals surface area contributed by atoms with Crippen LogP contribution in [0.5, 0.6) is 5.75 Å². The van der Waals surface area contributed by atoms with E-state index in [1.165, 1.54) is 0 Å². The van der Waals surface area contributed by atoms with Crippen molar-refractivity contribution < 1.29 is 14.3 Å². The number of para-hydroxylation sites is 2. The number of hydrogen-bond donors (Lipinski definition) is 3. The Kier molecular flexibility index (Phi) is 7.87. The van der Waals surface area contributed by atoms with Crippen LogP contribution in [-0.4, -0.2) is 31.0 Å². The quantitative estimate of drug-likeness (QED) is 0.613. The van der Waals surface area contributed by atoms with Gasteiger partial charge in [0, 0.05) is 17.3 Å². The highest BCUT2D eigenvalue weighted by Gasteiger charge is 2.10. The number of hydrogen-bond acceptors (Lipinski definition) is 4. The highest BCUT2D eigenvalue weighted by Crippen LogP contribution is 2.24. The molecule has 0 aliphatic heterocycles. The van der Waals surface area contributed by atoms with Crippen LogP contribution in [0, 0.1) is 5.92 Å². The van der Waals surface area contributed by atoms with Gasteiger partial charge in [-0.2, -0.15) is 0 Å². The van der Waals surface area contributed by atoms with E-state index in [1.54, 1.807) is 24.3 Å². The molecule has 2 rings (SSSR count). The van der Waals surface area contributed by atoms with Crippen LogP contribution in [0.4, 0.5) is 11.4 Å². The van der Waals surface area contributed by atoms with Gasteiger partial charge in [0.2, 0.25) is 5.91 Å². The molecule has 0 unspecified atom stereocenters. The fourth-order valence-corrected chi connectivity index (χ4v) is 2.46. The highest BCUT2D eigenvalue weighted by molar-refractivity contribution is 5.98. The van der Waals surface area contributed by atoms with Crippen LogP contribution in [0.3, 0.4) is 0 Å². The predicted octanol–water partition coefficient (Wildman–Crippen LogP) is 3.91. The third-order valence-electron chi connectivity index (χ3n) is 3.73. The van der Waals surface area contributed by atoms with E-state index >= 15 is 0 Å². The van der Waals surface area contributed by atoms with Gasteiger partial charge in [0.15, 0.2) is 0 Å². The first-order chi connectivity index (χ1) is 13.3. The normalized spacial score (nSPS) is 10.6. The van der Waals surface area contributed by atoms with Crippen molar-refractivity contribution in [2.45, 2.75) is 33.7 Å². The molecule has 3 N–H and O–H groups in total. The van der Waals surface area contributed by atoms with Gasteiger partial charge in [-0.05, 0) is 50.1 Å². The Morgan fingerprint density at radius 1 is 1.00 bits per heavy atom. The van der Waals surface area contributed by atoms with Gasteiger partial charge in [-0.15, -0.1) is 0 Å². The molecule has 28 heavy (non-hydrogen) atoms. The van der Waals surface area contributed by atoms with Crippen molar-refractivity contribution in [3.8, 4) is 5.75 Å². The molecule has 6 nitrogen and oxygen atoms in total. The van der Waals surface area contributed by atoms with Gasteiger partial charge in [-0.3, -0.25) is 9.59 Å². The van der Waals surface area contributed by atoms with Gasteiger partial charge < -0.3 is 20.7 Å². The van der Waals surface area contributed by atoms with Gasteiger partial charge in [0.05, 0.1) is 18.8 Å². The van der Waals surface area contributed by atoms with Crippen molar-refractivity contribution in [2.24, 2.45) is 5.92 Å². The van der Waals surface area contributed by atoms with Crippen LogP contribution in [0.2, 0.25) is 0 Å². The standard InChI is InChI=1S/C22H29N3O3/c1-15(2)14-28-20-11-6-5-10-19(20)23-13-21(26)25-18-9-7-8-17(12-18)22(27)24-16(3)4/h5-12,15-16,23H,13-14H2,1-4H3,(H,24,27)(H,25,26). The summed E-state index contributed by atoms with van der Waals surface area (Å²) in [6, 6.07) is 14.5. The average Bonchev–Trinajstić information content (AvgIpc) is 2.65. The maximum absolute atomic E-state index is 12.3. The molecule has 2 amide bonds. The molecule has 0 aromatic heterocycles. The Hall–Kier alpha value is -3.02. The molecule has 0 bridgehead atoms. The summed E-state index contributed by atoms with van der Waals surface area (Å²) in [5.41, 5.74) is 1.85. The van der Waals surface area contributed by atoms with Crippen LogP contribution >= 0.6 is 0 Å². The topological polar surface area (TPSA) is 79.5 Å². The lowest BCUT2D eigenvalue weighted by atomic mass is 10.1. The van der Waals surface area contributed by atoms with Gasteiger partial charge in [-0.1, -0.05) is 32.0 Å². The third kappa shape index (κ3) is 6.95. The van der Waals surface area contributed by atoms with Gasteiger partial charge >= 0.3 is 0 Å². The molecule has 0 radical (unpaired) electrons. The van der Waals surface area contributed by atoms with Crippen LogP contribution in [0.25, 0.3) is 0 Å². The van der Waals surface area contributed by atoms with Crippen molar-refractivity contribution in [2.75, 3.05) is 23.8 Å². The smallest absolute Gasteiger partial charge is 0.251 e. The van der Waals surface area contributed by atoms with E-state index in [0.717, 1.165) is 11.4 Å². The third-order valence-corrected chi connectivity index (χ3v) is 3.73. The Labute approximate surface area is 166 Å². The molecule has 0 atom stereocenters. The van der Waals surface area contributed by atoms with E-state index in [2.05, 4.69) is 29.8 Å². The van der Waals surface area contributed by atoms with Crippen LogP contribution in [0.15, 0.2) is 48.5 Å². The monoisotopic (exact) mass is 383 g/mol. The Balaban J connectivity index is 1.94. The number of nitrogens with one attached hydrogen (secondary N) is 3. The summed E-state index contributed by atoms with van der Waals surface area (Å²) in [6.07, 6.45) is 0. The van der Waals surface area contributed by atoms with E-state index in [0.29, 0.717) is 23.8 Å². The molecule has 0 spiro atoms. The van der Waals surface area contributed by atoms with Crippen LogP contribution < -0.4 is 20.7 Å². The van der Waals surface area contributed by atoms with E-state index in [4.69, 9.17) is 4.74 Å². The van der Waals surface area contributed by atoms with Gasteiger partial charge in [0.25, 0.3) is 5.91 Å². The summed E-state index contributed by atoms with van der Waals surface area (Å²) in [5, 5.41) is 8.75. The first-order valence-corrected chi connectivity index (χ1v) is 9.51. The van der Waals surface area contributed by atoms with E-state index in [1.807, 2.05) is 38.1 Å². The molecule has 150 valence electrons. The highest BCUT2D eigenvalue weighted by atomic mass is 16.5. The number of carbonyl (C=O) groups is 2. The first-order valence-electron chi connectivity index (χ1n) is 9.51. The lowest BCUT2D eigenvalue weighted by molar-refractivity contribution is -0.114. The molecule has 2 aromatic carbocycles. The summed E-state index contributed by atoms with van der Waals surface area (Å²) in [7, 11) is 0. The second kappa shape index (κ2) is 10.3. The Morgan fingerprint density at radius 2 is 1.75 bits per heavy atom. The Morgan fingerprint density at radius 3 is 2.46 bits per heavy atom. The van der Waals surface area contributed by atoms with Crippen LogP contribution in [0.1, 0.15) is 38.1 Å². The molecule has 0 saturated carbocycles.